The first-order valence-electron chi connectivity index (χ1n) is 6.40. The predicted molar refractivity (Wildman–Crippen MR) is 78.5 cm³/mol. The van der Waals surface area contributed by atoms with Crippen LogP contribution in [0.25, 0.3) is 0 Å². The molecule has 2 rings (SSSR count). The summed E-state index contributed by atoms with van der Waals surface area (Å²) < 4.78 is 61.4. The van der Waals surface area contributed by atoms with E-state index in [0.717, 1.165) is 18.2 Å². The van der Waals surface area contributed by atoms with E-state index in [2.05, 4.69) is 0 Å². The van der Waals surface area contributed by atoms with Crippen molar-refractivity contribution in [2.24, 2.45) is 0 Å². The summed E-state index contributed by atoms with van der Waals surface area (Å²) in [7, 11) is -3.99. The Balaban J connectivity index is 2.22. The first-order chi connectivity index (χ1) is 10.7. The number of benzene rings is 2. The molecule has 0 aliphatic rings. The molecule has 0 fully saturated rings. The average molecular weight is 340 g/mol. The highest BCUT2D eigenvalue weighted by molar-refractivity contribution is 7.94. The Morgan fingerprint density at radius 3 is 2.00 bits per heavy atom. The van der Waals surface area contributed by atoms with Gasteiger partial charge >= 0.3 is 6.18 Å². The van der Waals surface area contributed by atoms with Gasteiger partial charge in [0.05, 0.1) is 10.5 Å². The van der Waals surface area contributed by atoms with E-state index in [4.69, 9.17) is 0 Å². The van der Waals surface area contributed by atoms with Gasteiger partial charge in [-0.15, -0.1) is 0 Å². The number of alkyl halides is 3. The van der Waals surface area contributed by atoms with E-state index in [1.807, 2.05) is 0 Å². The van der Waals surface area contributed by atoms with Gasteiger partial charge in [-0.2, -0.15) is 13.2 Å². The molecule has 7 heteroatoms. The predicted octanol–water partition coefficient (Wildman–Crippen LogP) is 3.88. The van der Waals surface area contributed by atoms with Crippen LogP contribution in [0.2, 0.25) is 0 Å². The smallest absolute Gasteiger partial charge is 0.289 e. The van der Waals surface area contributed by atoms with E-state index in [0.29, 0.717) is 23.1 Å². The maximum Gasteiger partial charge on any atom is 0.416 e. The summed E-state index contributed by atoms with van der Waals surface area (Å²) in [5.74, 6) is -0.513. The molecule has 0 bridgehead atoms. The molecule has 2 aromatic carbocycles. The molecule has 0 atom stereocenters. The number of allylic oxidation sites excluding steroid dienone is 1. The minimum atomic E-state index is -4.54. The van der Waals surface area contributed by atoms with E-state index in [1.54, 1.807) is 18.2 Å². The van der Waals surface area contributed by atoms with Gasteiger partial charge < -0.3 is 0 Å². The summed E-state index contributed by atoms with van der Waals surface area (Å²) >= 11 is 0. The third-order valence-corrected chi connectivity index (χ3v) is 4.39. The molecule has 0 aliphatic carbocycles. The van der Waals surface area contributed by atoms with Gasteiger partial charge in [-0.05, 0) is 30.3 Å². The SMILES string of the molecule is O=C(/C=C/S(=O)(=O)c1ccc(C(F)(F)F)cc1)c1ccccc1. The number of ketones is 1. The van der Waals surface area contributed by atoms with Crippen LogP contribution in [0.15, 0.2) is 71.0 Å². The lowest BCUT2D eigenvalue weighted by Crippen LogP contribution is -2.05. The van der Waals surface area contributed by atoms with E-state index in [-0.39, 0.29) is 4.90 Å². The second-order valence-electron chi connectivity index (χ2n) is 4.60. The standard InChI is InChI=1S/C16H11F3O3S/c17-16(18,19)13-6-8-14(9-7-13)23(21,22)11-10-15(20)12-4-2-1-3-5-12/h1-11H/b11-10+. The Morgan fingerprint density at radius 1 is 0.913 bits per heavy atom. The zero-order valence-electron chi connectivity index (χ0n) is 11.6. The van der Waals surface area contributed by atoms with Crippen LogP contribution in [0.5, 0.6) is 0 Å². The third-order valence-electron chi connectivity index (χ3n) is 2.97. The van der Waals surface area contributed by atoms with E-state index in [9.17, 15) is 26.4 Å². The highest BCUT2D eigenvalue weighted by Gasteiger charge is 2.30. The maximum atomic E-state index is 12.4. The zero-order chi connectivity index (χ0) is 17.1. The van der Waals surface area contributed by atoms with Crippen molar-refractivity contribution in [1.82, 2.24) is 0 Å². The van der Waals surface area contributed by atoms with Gasteiger partial charge in [-0.3, -0.25) is 4.79 Å². The minimum Gasteiger partial charge on any atom is -0.289 e. The van der Waals surface area contributed by atoms with Crippen LogP contribution in [0.4, 0.5) is 13.2 Å². The monoisotopic (exact) mass is 340 g/mol. The summed E-state index contributed by atoms with van der Waals surface area (Å²) in [4.78, 5) is 11.5. The zero-order valence-corrected chi connectivity index (χ0v) is 12.4. The van der Waals surface area contributed by atoms with Gasteiger partial charge in [0.25, 0.3) is 0 Å². The van der Waals surface area contributed by atoms with E-state index >= 15 is 0 Å². The van der Waals surface area contributed by atoms with Crippen molar-refractivity contribution in [3.05, 3.63) is 77.2 Å². The summed E-state index contributed by atoms with van der Waals surface area (Å²) in [6, 6.07) is 11.1. The molecular formula is C16H11F3O3S. The number of hydrogen-bond donors (Lipinski definition) is 0. The Kier molecular flexibility index (Phi) is 4.70. The van der Waals surface area contributed by atoms with E-state index in [1.165, 1.54) is 12.1 Å². The van der Waals surface area contributed by atoms with E-state index < -0.39 is 27.4 Å². The normalized spacial score (nSPS) is 12.5. The molecule has 0 saturated heterocycles. The second-order valence-corrected chi connectivity index (χ2v) is 6.43. The quantitative estimate of drug-likeness (QED) is 0.627. The Hall–Kier alpha value is -2.41. The van der Waals surface area contributed by atoms with Crippen molar-refractivity contribution in [2.75, 3.05) is 0 Å². The van der Waals surface area contributed by atoms with Gasteiger partial charge in [0.1, 0.15) is 0 Å². The van der Waals surface area contributed by atoms with Crippen molar-refractivity contribution in [3.63, 3.8) is 0 Å². The van der Waals surface area contributed by atoms with Gasteiger partial charge in [-0.25, -0.2) is 8.42 Å². The van der Waals surface area contributed by atoms with Crippen molar-refractivity contribution >= 4 is 15.6 Å². The highest BCUT2D eigenvalue weighted by atomic mass is 32.2. The molecule has 0 spiro atoms. The molecule has 0 aliphatic heterocycles. The van der Waals surface area contributed by atoms with Crippen LogP contribution in [-0.2, 0) is 16.0 Å². The molecular weight excluding hydrogens is 329 g/mol. The van der Waals surface area contributed by atoms with Gasteiger partial charge in [-0.1, -0.05) is 30.3 Å². The van der Waals surface area contributed by atoms with Gasteiger partial charge in [0.15, 0.2) is 15.6 Å². The molecule has 0 saturated carbocycles. The number of carbonyl (C=O) groups is 1. The first kappa shape index (κ1) is 17.0. The molecule has 0 aromatic heterocycles. The largest absolute Gasteiger partial charge is 0.416 e. The lowest BCUT2D eigenvalue weighted by molar-refractivity contribution is -0.137. The lowest BCUT2D eigenvalue weighted by atomic mass is 10.1. The Labute approximate surface area is 131 Å². The fraction of sp³-hybridized carbons (Fsp3) is 0.0625. The van der Waals surface area contributed by atoms with Crippen molar-refractivity contribution in [3.8, 4) is 0 Å². The van der Waals surface area contributed by atoms with Crippen LogP contribution >= 0.6 is 0 Å². The van der Waals surface area contributed by atoms with Crippen LogP contribution < -0.4 is 0 Å². The fourth-order valence-electron chi connectivity index (χ4n) is 1.76. The molecule has 23 heavy (non-hydrogen) atoms. The number of hydrogen-bond acceptors (Lipinski definition) is 3. The van der Waals surface area contributed by atoms with Gasteiger partial charge in [0.2, 0.25) is 0 Å². The van der Waals surface area contributed by atoms with Crippen molar-refractivity contribution in [2.45, 2.75) is 11.1 Å². The molecule has 0 unspecified atom stereocenters. The average Bonchev–Trinajstić information content (AvgIpc) is 2.53. The Morgan fingerprint density at radius 2 is 1.48 bits per heavy atom. The van der Waals surface area contributed by atoms with Crippen molar-refractivity contribution < 1.29 is 26.4 Å². The van der Waals surface area contributed by atoms with Gasteiger partial charge in [0, 0.05) is 11.0 Å². The summed E-state index contributed by atoms with van der Waals surface area (Å²) in [5, 5.41) is 0.685. The summed E-state index contributed by atoms with van der Waals surface area (Å²) in [5.41, 5.74) is -0.632. The van der Waals surface area contributed by atoms with Crippen LogP contribution in [0.3, 0.4) is 0 Å². The van der Waals surface area contributed by atoms with Crippen molar-refractivity contribution in [1.29, 1.82) is 0 Å². The maximum absolute atomic E-state index is 12.4. The molecule has 0 radical (unpaired) electrons. The number of rotatable bonds is 4. The number of sulfone groups is 1. The molecule has 120 valence electrons. The molecule has 0 heterocycles. The molecule has 3 nitrogen and oxygen atoms in total. The topological polar surface area (TPSA) is 51.2 Å². The minimum absolute atomic E-state index is 0.311. The summed E-state index contributed by atoms with van der Waals surface area (Å²) in [6.07, 6.45) is -3.66. The van der Waals surface area contributed by atoms with Crippen LogP contribution in [-0.4, -0.2) is 14.2 Å². The number of carbonyl (C=O) groups excluding carboxylic acids is 1. The highest BCUT2D eigenvalue weighted by Crippen LogP contribution is 2.29. The third kappa shape index (κ3) is 4.29. The molecule has 0 N–H and O–H groups in total. The van der Waals surface area contributed by atoms with Crippen LogP contribution in [0, 0.1) is 0 Å². The van der Waals surface area contributed by atoms with Crippen LogP contribution in [0.1, 0.15) is 15.9 Å². The summed E-state index contributed by atoms with van der Waals surface area (Å²) in [6.45, 7) is 0. The first-order valence-corrected chi connectivity index (χ1v) is 7.94. The lowest BCUT2D eigenvalue weighted by Gasteiger charge is -2.06. The molecule has 0 amide bonds. The molecule has 2 aromatic rings. The fourth-order valence-corrected chi connectivity index (χ4v) is 2.74. The number of halogens is 3. The second kappa shape index (κ2) is 6.37. The Bertz CT molecular complexity index is 821.